The fraction of sp³-hybridized carbons (Fsp3) is 0.556. The fourth-order valence-electron chi connectivity index (χ4n) is 5.15. The number of rotatable bonds is 5. The maximum atomic E-state index is 13.3. The molecule has 3 unspecified atom stereocenters. The predicted molar refractivity (Wildman–Crippen MR) is 140 cm³/mol. The van der Waals surface area contributed by atoms with Gasteiger partial charge in [0.05, 0.1) is 28.2 Å². The lowest BCUT2D eigenvalue weighted by molar-refractivity contribution is -0.142. The molecule has 1 saturated heterocycles. The van der Waals surface area contributed by atoms with E-state index >= 15 is 0 Å². The van der Waals surface area contributed by atoms with E-state index in [2.05, 4.69) is 54.6 Å². The maximum absolute atomic E-state index is 13.3. The number of amides is 2. The van der Waals surface area contributed by atoms with E-state index in [0.717, 1.165) is 37.7 Å². The van der Waals surface area contributed by atoms with Crippen LogP contribution in [0.4, 0.5) is 0 Å². The van der Waals surface area contributed by atoms with Gasteiger partial charge < -0.3 is 20.3 Å². The van der Waals surface area contributed by atoms with Crippen LogP contribution in [0.25, 0.3) is 10.4 Å². The van der Waals surface area contributed by atoms with Gasteiger partial charge in [-0.3, -0.25) is 9.59 Å². The minimum absolute atomic E-state index is 0.00868. The Bertz CT molecular complexity index is 1060. The largest absolute Gasteiger partial charge is 0.347 e. The first-order chi connectivity index (χ1) is 16.6. The minimum Gasteiger partial charge on any atom is -0.347 e. The van der Waals surface area contributed by atoms with Crippen LogP contribution >= 0.6 is 11.3 Å². The number of hydrogen-bond acceptors (Lipinski definition) is 6. The first-order valence-electron chi connectivity index (χ1n) is 12.3. The molecule has 1 aliphatic carbocycles. The Balaban J connectivity index is 0.00000108. The Morgan fingerprint density at radius 2 is 1.97 bits per heavy atom. The third kappa shape index (κ3) is 5.98. The molecule has 1 fully saturated rings. The van der Waals surface area contributed by atoms with Crippen LogP contribution in [0.15, 0.2) is 23.7 Å². The average molecular weight is 499 g/mol. The van der Waals surface area contributed by atoms with Crippen molar-refractivity contribution in [2.45, 2.75) is 78.4 Å². The number of carbonyl (C=O) groups is 3. The summed E-state index contributed by atoms with van der Waals surface area (Å²) < 4.78 is 0. The topological polar surface area (TPSA) is 91.4 Å². The lowest BCUT2D eigenvalue weighted by Crippen LogP contribution is -2.55. The summed E-state index contributed by atoms with van der Waals surface area (Å²) in [6.07, 6.45) is 4.18. The van der Waals surface area contributed by atoms with Gasteiger partial charge in [-0.15, -0.1) is 11.3 Å². The molecule has 8 heteroatoms. The van der Waals surface area contributed by atoms with Gasteiger partial charge in [0.2, 0.25) is 11.8 Å². The molecular formula is C27H38N4O3S. The molecule has 2 aromatic rings. The van der Waals surface area contributed by atoms with E-state index in [1.165, 1.54) is 28.5 Å². The average Bonchev–Trinajstić information content (AvgIpc) is 3.53. The molecule has 3 atom stereocenters. The highest BCUT2D eigenvalue weighted by Gasteiger charge is 2.41. The van der Waals surface area contributed by atoms with Gasteiger partial charge in [-0.1, -0.05) is 32.9 Å². The van der Waals surface area contributed by atoms with Crippen molar-refractivity contribution in [2.24, 2.45) is 5.41 Å². The smallest absolute Gasteiger partial charge is 0.243 e. The lowest BCUT2D eigenvalue weighted by atomic mass is 9.86. The number of aryl methyl sites for hydroxylation is 2. The number of carbonyl (C=O) groups excluding carboxylic acids is 3. The van der Waals surface area contributed by atoms with E-state index in [4.69, 9.17) is 4.79 Å². The molecule has 1 aromatic heterocycles. The number of aldehydes is 1. The third-order valence-electron chi connectivity index (χ3n) is 6.79. The van der Waals surface area contributed by atoms with Crippen molar-refractivity contribution >= 4 is 29.4 Å². The van der Waals surface area contributed by atoms with Crippen LogP contribution in [0.2, 0.25) is 0 Å². The number of thiazole rings is 1. The summed E-state index contributed by atoms with van der Waals surface area (Å²) in [4.78, 5) is 42.6. The van der Waals surface area contributed by atoms with E-state index in [9.17, 15) is 9.59 Å². The van der Waals surface area contributed by atoms with Crippen LogP contribution in [0, 0.1) is 12.3 Å². The SMILES string of the molecule is CC=O.CNC(C(=O)N1CCCC1C(=O)NC1CCc2cc(-c3scnc3C)ccc21)C(C)(C)C. The Labute approximate surface area is 212 Å². The van der Waals surface area contributed by atoms with Gasteiger partial charge in [-0.25, -0.2) is 4.98 Å². The molecule has 1 aliphatic heterocycles. The zero-order valence-corrected chi connectivity index (χ0v) is 22.5. The second-order valence-corrected chi connectivity index (χ2v) is 11.1. The normalized spacial score (nSPS) is 20.0. The van der Waals surface area contributed by atoms with Crippen LogP contribution in [0.3, 0.4) is 0 Å². The van der Waals surface area contributed by atoms with Crippen molar-refractivity contribution in [1.82, 2.24) is 20.5 Å². The monoisotopic (exact) mass is 498 g/mol. The van der Waals surface area contributed by atoms with E-state index in [1.54, 1.807) is 16.2 Å². The standard InChI is InChI=1S/C25H34N4O2S.C2H4O/c1-15-21(32-14-27-15)17-8-10-18-16(13-17)9-11-19(18)28-23(30)20-7-6-12-29(20)24(31)22(26-5)25(2,3)4;1-2-3/h8,10,13-14,19-20,22,26H,6-7,9,11-12H2,1-5H3,(H,28,30);2H,1H3. The van der Waals surface area contributed by atoms with Crippen LogP contribution in [-0.2, 0) is 20.8 Å². The van der Waals surface area contributed by atoms with Crippen LogP contribution in [-0.4, -0.2) is 53.7 Å². The number of likely N-dealkylation sites (N-methyl/N-ethyl adjacent to an activating group) is 1. The summed E-state index contributed by atoms with van der Waals surface area (Å²) in [5, 5.41) is 6.42. The Morgan fingerprint density at radius 1 is 1.26 bits per heavy atom. The van der Waals surface area contributed by atoms with Crippen LogP contribution < -0.4 is 10.6 Å². The van der Waals surface area contributed by atoms with E-state index in [1.807, 2.05) is 19.5 Å². The summed E-state index contributed by atoms with van der Waals surface area (Å²) in [6, 6.07) is 5.84. The molecule has 0 saturated carbocycles. The summed E-state index contributed by atoms with van der Waals surface area (Å²) in [5.74, 6) is -0.00567. The summed E-state index contributed by atoms with van der Waals surface area (Å²) in [7, 11) is 1.82. The minimum atomic E-state index is -0.385. The van der Waals surface area contributed by atoms with Gasteiger partial charge in [0, 0.05) is 6.54 Å². The number of nitrogens with zero attached hydrogens (tertiary/aromatic N) is 2. The number of nitrogens with one attached hydrogen (secondary N) is 2. The molecule has 0 radical (unpaired) electrons. The van der Waals surface area contributed by atoms with Crippen LogP contribution in [0.5, 0.6) is 0 Å². The zero-order valence-electron chi connectivity index (χ0n) is 21.7. The highest BCUT2D eigenvalue weighted by molar-refractivity contribution is 7.13. The highest BCUT2D eigenvalue weighted by atomic mass is 32.1. The summed E-state index contributed by atoms with van der Waals surface area (Å²) in [5.41, 5.74) is 6.41. The molecule has 190 valence electrons. The van der Waals surface area contributed by atoms with Crippen molar-refractivity contribution in [2.75, 3.05) is 13.6 Å². The number of likely N-dealkylation sites (tertiary alicyclic amines) is 1. The molecule has 2 heterocycles. The van der Waals surface area contributed by atoms with Gasteiger partial charge in [0.1, 0.15) is 12.3 Å². The molecular weight excluding hydrogens is 460 g/mol. The van der Waals surface area contributed by atoms with Crippen molar-refractivity contribution in [3.8, 4) is 10.4 Å². The van der Waals surface area contributed by atoms with Gasteiger partial charge in [0.25, 0.3) is 0 Å². The zero-order chi connectivity index (χ0) is 25.8. The first-order valence-corrected chi connectivity index (χ1v) is 13.2. The molecule has 35 heavy (non-hydrogen) atoms. The molecule has 2 amide bonds. The quantitative estimate of drug-likeness (QED) is 0.607. The van der Waals surface area contributed by atoms with E-state index in [-0.39, 0.29) is 35.4 Å². The molecule has 2 N–H and O–H groups in total. The van der Waals surface area contributed by atoms with E-state index < -0.39 is 0 Å². The van der Waals surface area contributed by atoms with Crippen molar-refractivity contribution in [1.29, 1.82) is 0 Å². The van der Waals surface area contributed by atoms with Crippen LogP contribution in [0.1, 0.15) is 69.8 Å². The van der Waals surface area contributed by atoms with Crippen molar-refractivity contribution < 1.29 is 14.4 Å². The lowest BCUT2D eigenvalue weighted by Gasteiger charge is -2.35. The summed E-state index contributed by atoms with van der Waals surface area (Å²) >= 11 is 1.66. The molecule has 1 aromatic carbocycles. The van der Waals surface area contributed by atoms with E-state index in [0.29, 0.717) is 6.54 Å². The van der Waals surface area contributed by atoms with Gasteiger partial charge in [-0.05, 0) is 74.8 Å². The Hall–Kier alpha value is -2.58. The predicted octanol–water partition coefficient (Wildman–Crippen LogP) is 4.05. The van der Waals surface area contributed by atoms with Gasteiger partial charge in [-0.2, -0.15) is 0 Å². The highest BCUT2D eigenvalue weighted by Crippen LogP contribution is 2.36. The van der Waals surface area contributed by atoms with Gasteiger partial charge >= 0.3 is 0 Å². The maximum Gasteiger partial charge on any atom is 0.243 e. The van der Waals surface area contributed by atoms with Gasteiger partial charge in [0.15, 0.2) is 0 Å². The molecule has 2 aliphatic rings. The fourth-order valence-corrected chi connectivity index (χ4v) is 5.95. The first kappa shape index (κ1) is 27.0. The number of hydrogen-bond donors (Lipinski definition) is 2. The number of aromatic nitrogens is 1. The molecule has 0 bridgehead atoms. The molecule has 4 rings (SSSR count). The number of benzene rings is 1. The Kier molecular flexibility index (Phi) is 8.83. The molecule has 0 spiro atoms. The third-order valence-corrected chi connectivity index (χ3v) is 7.76. The Morgan fingerprint density at radius 3 is 2.57 bits per heavy atom. The number of fused-ring (bicyclic) bond motifs is 1. The second kappa shape index (κ2) is 11.4. The van der Waals surface area contributed by atoms with Crippen molar-refractivity contribution in [3.63, 3.8) is 0 Å². The summed E-state index contributed by atoms with van der Waals surface area (Å²) in [6.45, 7) is 10.3. The van der Waals surface area contributed by atoms with Crippen molar-refractivity contribution in [3.05, 3.63) is 40.5 Å². The second-order valence-electron chi connectivity index (χ2n) is 10.3. The molecule has 7 nitrogen and oxygen atoms in total.